The van der Waals surface area contributed by atoms with E-state index in [0.29, 0.717) is 17.8 Å². The molecule has 0 aliphatic carbocycles. The zero-order chi connectivity index (χ0) is 18.0. The first-order valence-corrected chi connectivity index (χ1v) is 7.94. The highest BCUT2D eigenvalue weighted by Gasteiger charge is 2.14. The lowest BCUT2D eigenvalue weighted by atomic mass is 10.1. The second-order valence-electron chi connectivity index (χ2n) is 5.81. The number of anilines is 1. The quantitative estimate of drug-likeness (QED) is 0.735. The molecule has 0 aliphatic heterocycles. The zero-order valence-corrected chi connectivity index (χ0v) is 14.1. The number of nitrogen functional groups attached to an aromatic ring is 1. The molecule has 3 rings (SSSR count). The number of rotatable bonds is 5. The van der Waals surface area contributed by atoms with Crippen LogP contribution in [0.15, 0.2) is 24.3 Å². The average molecular weight is 342 g/mol. The third-order valence-electron chi connectivity index (χ3n) is 4.10. The van der Waals surface area contributed by atoms with Gasteiger partial charge in [0.2, 0.25) is 11.9 Å². The monoisotopic (exact) mass is 342 g/mol. The Kier molecular flexibility index (Phi) is 4.60. The van der Waals surface area contributed by atoms with Gasteiger partial charge in [-0.25, -0.2) is 9.37 Å². The van der Waals surface area contributed by atoms with Crippen LogP contribution in [0, 0.1) is 19.7 Å². The first-order valence-electron chi connectivity index (χ1n) is 7.94. The highest BCUT2D eigenvalue weighted by Crippen LogP contribution is 2.16. The molecular weight excluding hydrogens is 323 g/mol. The van der Waals surface area contributed by atoms with Crippen molar-refractivity contribution >= 4 is 17.6 Å². The molecule has 0 saturated carbocycles. The van der Waals surface area contributed by atoms with Crippen molar-refractivity contribution in [3.63, 3.8) is 0 Å². The Hall–Kier alpha value is -3.03. The Morgan fingerprint density at radius 3 is 2.80 bits per heavy atom. The minimum atomic E-state index is -0.326. The van der Waals surface area contributed by atoms with E-state index in [1.807, 2.05) is 13.8 Å². The minimum Gasteiger partial charge on any atom is -0.366 e. The van der Waals surface area contributed by atoms with Crippen molar-refractivity contribution in [2.45, 2.75) is 33.2 Å². The van der Waals surface area contributed by atoms with Crippen LogP contribution in [-0.4, -0.2) is 25.5 Å². The number of aryl methyl sites for hydroxylation is 2. The van der Waals surface area contributed by atoms with Gasteiger partial charge in [0.25, 0.3) is 5.78 Å². The Labute approximate surface area is 144 Å². The number of fused-ring (bicyclic) bond motifs is 1. The van der Waals surface area contributed by atoms with Gasteiger partial charge in [-0.2, -0.15) is 9.50 Å². The molecule has 0 radical (unpaired) electrons. The number of nitrogens with two attached hydrogens (primary N) is 1. The van der Waals surface area contributed by atoms with E-state index >= 15 is 0 Å². The number of carbonyl (C=O) groups excluding carboxylic acids is 1. The average Bonchev–Trinajstić information content (AvgIpc) is 2.94. The summed E-state index contributed by atoms with van der Waals surface area (Å²) in [4.78, 5) is 20.5. The van der Waals surface area contributed by atoms with Gasteiger partial charge in [0.1, 0.15) is 5.82 Å². The van der Waals surface area contributed by atoms with Crippen molar-refractivity contribution in [3.8, 4) is 0 Å². The maximum absolute atomic E-state index is 13.6. The molecule has 3 N–H and O–H groups in total. The number of aromatic nitrogens is 4. The minimum absolute atomic E-state index is 0.153. The van der Waals surface area contributed by atoms with Gasteiger partial charge in [-0.3, -0.25) is 4.79 Å². The van der Waals surface area contributed by atoms with Crippen molar-refractivity contribution in [2.24, 2.45) is 0 Å². The van der Waals surface area contributed by atoms with Gasteiger partial charge >= 0.3 is 0 Å². The van der Waals surface area contributed by atoms with Gasteiger partial charge in [-0.15, -0.1) is 5.10 Å². The summed E-state index contributed by atoms with van der Waals surface area (Å²) >= 11 is 0. The lowest BCUT2D eigenvalue weighted by Crippen LogP contribution is -2.24. The maximum Gasteiger partial charge on any atom is 0.254 e. The summed E-state index contributed by atoms with van der Waals surface area (Å²) in [6.45, 7) is 3.92. The van der Waals surface area contributed by atoms with Crippen molar-refractivity contribution in [1.82, 2.24) is 24.9 Å². The van der Waals surface area contributed by atoms with Crippen LogP contribution in [0.2, 0.25) is 0 Å². The molecule has 8 heteroatoms. The van der Waals surface area contributed by atoms with E-state index in [1.54, 1.807) is 22.7 Å². The molecule has 2 heterocycles. The number of hydrogen-bond acceptors (Lipinski definition) is 5. The molecule has 130 valence electrons. The summed E-state index contributed by atoms with van der Waals surface area (Å²) in [6, 6.07) is 6.38. The molecule has 0 saturated heterocycles. The molecule has 1 amide bonds. The smallest absolute Gasteiger partial charge is 0.254 e. The van der Waals surface area contributed by atoms with E-state index in [0.717, 1.165) is 17.0 Å². The van der Waals surface area contributed by atoms with Crippen LogP contribution in [0.3, 0.4) is 0 Å². The summed E-state index contributed by atoms with van der Waals surface area (Å²) in [5, 5.41) is 6.84. The number of nitrogens with zero attached hydrogens (tertiary/aromatic N) is 4. The summed E-state index contributed by atoms with van der Waals surface area (Å²) in [5.74, 6) is 0.128. The highest BCUT2D eigenvalue weighted by molar-refractivity contribution is 5.76. The molecule has 7 nitrogen and oxygen atoms in total. The van der Waals surface area contributed by atoms with Crippen molar-refractivity contribution in [1.29, 1.82) is 0 Å². The number of halogens is 1. The van der Waals surface area contributed by atoms with E-state index in [-0.39, 0.29) is 30.6 Å². The van der Waals surface area contributed by atoms with Crippen molar-refractivity contribution < 1.29 is 9.18 Å². The lowest BCUT2D eigenvalue weighted by Gasteiger charge is -2.10. The second kappa shape index (κ2) is 6.84. The predicted octanol–water partition coefficient (Wildman–Crippen LogP) is 1.71. The van der Waals surface area contributed by atoms with E-state index < -0.39 is 0 Å². The van der Waals surface area contributed by atoms with E-state index in [9.17, 15) is 9.18 Å². The molecule has 0 spiro atoms. The van der Waals surface area contributed by atoms with E-state index in [4.69, 9.17) is 5.73 Å². The van der Waals surface area contributed by atoms with Crippen LogP contribution in [0.25, 0.3) is 5.78 Å². The Balaban J connectivity index is 1.66. The normalized spacial score (nSPS) is 11.0. The zero-order valence-electron chi connectivity index (χ0n) is 14.1. The molecule has 0 aliphatic rings. The third-order valence-corrected chi connectivity index (χ3v) is 4.10. The van der Waals surface area contributed by atoms with Crippen LogP contribution in [0.5, 0.6) is 0 Å². The molecule has 2 aromatic heterocycles. The SMILES string of the molecule is Cc1nc2nc(N)nn2c(C)c1CCC(=O)NCc1ccccc1F. The highest BCUT2D eigenvalue weighted by atomic mass is 19.1. The topological polar surface area (TPSA) is 98.2 Å². The van der Waals surface area contributed by atoms with Gasteiger partial charge in [0, 0.05) is 29.9 Å². The molecule has 0 bridgehead atoms. The summed E-state index contributed by atoms with van der Waals surface area (Å²) in [6.07, 6.45) is 0.775. The second-order valence-corrected chi connectivity index (χ2v) is 5.81. The maximum atomic E-state index is 13.6. The fraction of sp³-hybridized carbons (Fsp3) is 0.294. The molecule has 0 atom stereocenters. The third kappa shape index (κ3) is 3.57. The van der Waals surface area contributed by atoms with Gasteiger partial charge in [0.05, 0.1) is 0 Å². The van der Waals surface area contributed by atoms with Crippen LogP contribution in [0.4, 0.5) is 10.3 Å². The molecule has 0 unspecified atom stereocenters. The Morgan fingerprint density at radius 1 is 1.28 bits per heavy atom. The van der Waals surface area contributed by atoms with Crippen LogP contribution in [-0.2, 0) is 17.8 Å². The largest absolute Gasteiger partial charge is 0.366 e. The predicted molar refractivity (Wildman–Crippen MR) is 91.2 cm³/mol. The Morgan fingerprint density at radius 2 is 2.04 bits per heavy atom. The van der Waals surface area contributed by atoms with Crippen LogP contribution in [0.1, 0.15) is 28.9 Å². The summed E-state index contributed by atoms with van der Waals surface area (Å²) < 4.78 is 15.1. The van der Waals surface area contributed by atoms with Crippen molar-refractivity contribution in [3.05, 3.63) is 52.6 Å². The standard InChI is InChI=1S/C17H19FN6O/c1-10-13(11(2)24-17(21-10)22-16(19)23-24)7-8-15(25)20-9-12-5-3-4-6-14(12)18/h3-6H,7-9H2,1-2H3,(H2,19,23)(H,20,25). The number of amides is 1. The van der Waals surface area contributed by atoms with E-state index in [2.05, 4.69) is 20.4 Å². The number of carbonyl (C=O) groups is 1. The number of nitrogens with one attached hydrogen (secondary N) is 1. The van der Waals surface area contributed by atoms with Gasteiger partial charge in [-0.1, -0.05) is 18.2 Å². The first-order chi connectivity index (χ1) is 12.0. The molecule has 0 fully saturated rings. The summed E-state index contributed by atoms with van der Waals surface area (Å²) in [7, 11) is 0. The summed E-state index contributed by atoms with van der Waals surface area (Å²) in [5.41, 5.74) is 8.65. The fourth-order valence-corrected chi connectivity index (χ4v) is 2.75. The van der Waals surface area contributed by atoms with Crippen molar-refractivity contribution in [2.75, 3.05) is 5.73 Å². The van der Waals surface area contributed by atoms with Gasteiger partial charge in [-0.05, 0) is 31.9 Å². The molecule has 3 aromatic rings. The lowest BCUT2D eigenvalue weighted by molar-refractivity contribution is -0.121. The van der Waals surface area contributed by atoms with Crippen LogP contribution >= 0.6 is 0 Å². The fourth-order valence-electron chi connectivity index (χ4n) is 2.75. The van der Waals surface area contributed by atoms with E-state index in [1.165, 1.54) is 6.07 Å². The molecule has 25 heavy (non-hydrogen) atoms. The number of hydrogen-bond donors (Lipinski definition) is 2. The molecular formula is C17H19FN6O. The number of benzene rings is 1. The van der Waals surface area contributed by atoms with Gasteiger partial charge in [0.15, 0.2) is 0 Å². The first kappa shape index (κ1) is 16.8. The molecule has 1 aromatic carbocycles. The Bertz CT molecular complexity index is 936. The van der Waals surface area contributed by atoms with Gasteiger partial charge < -0.3 is 11.1 Å². The van der Waals surface area contributed by atoms with Crippen LogP contribution < -0.4 is 11.1 Å².